The van der Waals surface area contributed by atoms with Gasteiger partial charge in [0.1, 0.15) is 11.6 Å². The van der Waals surface area contributed by atoms with Crippen molar-refractivity contribution in [3.05, 3.63) is 59.2 Å². The quantitative estimate of drug-likeness (QED) is 0.509. The van der Waals surface area contributed by atoms with Crippen molar-refractivity contribution in [1.29, 1.82) is 0 Å². The molecule has 1 fully saturated rings. The van der Waals surface area contributed by atoms with Gasteiger partial charge in [0, 0.05) is 24.1 Å². The first-order valence-corrected chi connectivity index (χ1v) is 10.1. The van der Waals surface area contributed by atoms with Crippen LogP contribution in [0.25, 0.3) is 5.65 Å². The number of nitrogens with one attached hydrogen (secondary N) is 1. The monoisotopic (exact) mass is 476 g/mol. The van der Waals surface area contributed by atoms with Gasteiger partial charge in [0.2, 0.25) is 0 Å². The predicted molar refractivity (Wildman–Crippen MR) is 104 cm³/mol. The third-order valence-corrected chi connectivity index (χ3v) is 5.98. The van der Waals surface area contributed by atoms with E-state index >= 15 is 0 Å². The molecule has 33 heavy (non-hydrogen) atoms. The molecule has 2 heterocycles. The molecule has 0 bridgehead atoms. The van der Waals surface area contributed by atoms with Crippen molar-refractivity contribution in [3.8, 4) is 0 Å². The largest absolute Gasteiger partial charge is 0.435 e. The Kier molecular flexibility index (Phi) is 5.75. The highest BCUT2D eigenvalue weighted by molar-refractivity contribution is 5.52. The Morgan fingerprint density at radius 3 is 2.15 bits per heavy atom. The molecule has 3 aromatic rings. The number of rotatable bonds is 4. The van der Waals surface area contributed by atoms with Gasteiger partial charge in [0.05, 0.1) is 6.10 Å². The van der Waals surface area contributed by atoms with Gasteiger partial charge in [0.25, 0.3) is 0 Å². The first kappa shape index (κ1) is 23.3. The molecule has 12 heteroatoms. The van der Waals surface area contributed by atoms with E-state index < -0.39 is 46.7 Å². The van der Waals surface area contributed by atoms with Crippen LogP contribution in [0.2, 0.25) is 0 Å². The fourth-order valence-corrected chi connectivity index (χ4v) is 4.17. The van der Waals surface area contributed by atoms with Crippen LogP contribution in [0.3, 0.4) is 0 Å². The van der Waals surface area contributed by atoms with Crippen LogP contribution in [0, 0.1) is 5.82 Å². The SMILES string of the molecule is OC1CCC(CNc2cc(C(F)(F)F)nc3cc(C(F)(F)F)nn23)(c2ccc(F)cc2)CC1. The van der Waals surface area contributed by atoms with Crippen molar-refractivity contribution in [3.63, 3.8) is 0 Å². The Labute approximate surface area is 183 Å². The molecule has 0 radical (unpaired) electrons. The maximum Gasteiger partial charge on any atom is 0.435 e. The number of anilines is 1. The smallest absolute Gasteiger partial charge is 0.393 e. The van der Waals surface area contributed by atoms with Crippen LogP contribution >= 0.6 is 0 Å². The zero-order chi connectivity index (χ0) is 24.0. The van der Waals surface area contributed by atoms with Crippen molar-refractivity contribution in [2.75, 3.05) is 11.9 Å². The van der Waals surface area contributed by atoms with Crippen molar-refractivity contribution in [2.45, 2.75) is 49.6 Å². The molecule has 4 rings (SSSR count). The van der Waals surface area contributed by atoms with Gasteiger partial charge in [-0.15, -0.1) is 0 Å². The Morgan fingerprint density at radius 1 is 0.970 bits per heavy atom. The summed E-state index contributed by atoms with van der Waals surface area (Å²) in [6.45, 7) is 0.0307. The van der Waals surface area contributed by atoms with Gasteiger partial charge in [-0.1, -0.05) is 12.1 Å². The second-order valence-corrected chi connectivity index (χ2v) is 8.19. The Morgan fingerprint density at radius 2 is 1.58 bits per heavy atom. The molecule has 1 aromatic carbocycles. The molecule has 0 atom stereocenters. The molecule has 1 aliphatic carbocycles. The number of halogens is 7. The van der Waals surface area contributed by atoms with Crippen LogP contribution in [0.1, 0.15) is 42.6 Å². The normalized spacial score (nSPS) is 22.0. The number of aliphatic hydroxyl groups is 1. The third-order valence-electron chi connectivity index (χ3n) is 5.98. The van der Waals surface area contributed by atoms with Gasteiger partial charge in [0.15, 0.2) is 17.0 Å². The number of aliphatic hydroxyl groups excluding tert-OH is 1. The van der Waals surface area contributed by atoms with Crippen LogP contribution in [0.15, 0.2) is 36.4 Å². The zero-order valence-corrected chi connectivity index (χ0v) is 17.0. The minimum absolute atomic E-state index is 0.0307. The summed E-state index contributed by atoms with van der Waals surface area (Å²) in [4.78, 5) is 3.29. The van der Waals surface area contributed by atoms with Crippen LogP contribution < -0.4 is 5.32 Å². The van der Waals surface area contributed by atoms with Crippen molar-refractivity contribution < 1.29 is 35.8 Å². The van der Waals surface area contributed by atoms with Gasteiger partial charge < -0.3 is 10.4 Å². The summed E-state index contributed by atoms with van der Waals surface area (Å²) < 4.78 is 93.5. The average Bonchev–Trinajstić information content (AvgIpc) is 3.18. The first-order chi connectivity index (χ1) is 15.4. The number of nitrogens with zero attached hydrogens (tertiary/aromatic N) is 3. The number of hydrogen-bond donors (Lipinski definition) is 2. The molecule has 1 saturated carbocycles. The molecule has 2 aromatic heterocycles. The fourth-order valence-electron chi connectivity index (χ4n) is 4.17. The van der Waals surface area contributed by atoms with E-state index in [1.165, 1.54) is 12.1 Å². The maximum atomic E-state index is 13.4. The van der Waals surface area contributed by atoms with Gasteiger partial charge >= 0.3 is 12.4 Å². The Hall–Kier alpha value is -2.89. The molecular formula is C21H19F7N4O. The van der Waals surface area contributed by atoms with E-state index in [2.05, 4.69) is 15.4 Å². The minimum atomic E-state index is -4.88. The van der Waals surface area contributed by atoms with E-state index in [9.17, 15) is 35.8 Å². The lowest BCUT2D eigenvalue weighted by Gasteiger charge is -2.40. The minimum Gasteiger partial charge on any atom is -0.393 e. The third kappa shape index (κ3) is 4.75. The molecule has 0 amide bonds. The number of benzene rings is 1. The number of fused-ring (bicyclic) bond motifs is 1. The molecular weight excluding hydrogens is 457 g/mol. The first-order valence-electron chi connectivity index (χ1n) is 10.1. The highest BCUT2D eigenvalue weighted by Crippen LogP contribution is 2.40. The topological polar surface area (TPSA) is 62.5 Å². The molecule has 1 aliphatic rings. The van der Waals surface area contributed by atoms with E-state index in [-0.39, 0.29) is 12.4 Å². The standard InChI is InChI=1S/C21H19F7N4O/c22-13-3-1-12(2-4-13)19(7-5-14(33)6-8-19)11-29-17-9-15(20(23,24)25)30-18-10-16(21(26,27)28)31-32(17)18/h1-4,9-10,14,29,33H,5-8,11H2. The highest BCUT2D eigenvalue weighted by atomic mass is 19.4. The summed E-state index contributed by atoms with van der Waals surface area (Å²) in [5.74, 6) is -0.769. The van der Waals surface area contributed by atoms with E-state index in [0.29, 0.717) is 47.9 Å². The van der Waals surface area contributed by atoms with Crippen LogP contribution in [0.4, 0.5) is 36.6 Å². The van der Waals surface area contributed by atoms with E-state index in [4.69, 9.17) is 0 Å². The maximum absolute atomic E-state index is 13.4. The fraction of sp³-hybridized carbons (Fsp3) is 0.429. The zero-order valence-electron chi connectivity index (χ0n) is 17.0. The lowest BCUT2D eigenvalue weighted by atomic mass is 9.68. The number of alkyl halides is 6. The number of hydrogen-bond acceptors (Lipinski definition) is 4. The molecule has 178 valence electrons. The summed E-state index contributed by atoms with van der Waals surface area (Å²) in [5, 5.41) is 16.2. The van der Waals surface area contributed by atoms with Crippen molar-refractivity contribution >= 4 is 11.5 Å². The van der Waals surface area contributed by atoms with E-state index in [1.54, 1.807) is 12.1 Å². The lowest BCUT2D eigenvalue weighted by Crippen LogP contribution is -2.40. The summed E-state index contributed by atoms with van der Waals surface area (Å²) in [6.07, 6.45) is -8.57. The Bertz CT molecular complexity index is 1130. The summed E-state index contributed by atoms with van der Waals surface area (Å²) in [7, 11) is 0. The summed E-state index contributed by atoms with van der Waals surface area (Å²) >= 11 is 0. The van der Waals surface area contributed by atoms with Crippen LogP contribution in [-0.2, 0) is 17.8 Å². The van der Waals surface area contributed by atoms with Gasteiger partial charge in [-0.05, 0) is 43.4 Å². The number of aromatic nitrogens is 3. The second kappa shape index (κ2) is 8.15. The average molecular weight is 476 g/mol. The summed E-state index contributed by atoms with van der Waals surface area (Å²) in [6, 6.07) is 6.71. The van der Waals surface area contributed by atoms with Gasteiger partial charge in [-0.2, -0.15) is 36.0 Å². The molecule has 0 spiro atoms. The van der Waals surface area contributed by atoms with Crippen molar-refractivity contribution in [2.24, 2.45) is 0 Å². The highest BCUT2D eigenvalue weighted by Gasteiger charge is 2.39. The second-order valence-electron chi connectivity index (χ2n) is 8.19. The molecule has 5 nitrogen and oxygen atoms in total. The van der Waals surface area contributed by atoms with E-state index in [1.807, 2.05) is 0 Å². The van der Waals surface area contributed by atoms with Gasteiger partial charge in [-0.25, -0.2) is 9.37 Å². The summed E-state index contributed by atoms with van der Waals surface area (Å²) in [5.41, 5.74) is -3.30. The van der Waals surface area contributed by atoms with Crippen molar-refractivity contribution in [1.82, 2.24) is 14.6 Å². The molecule has 0 aliphatic heterocycles. The predicted octanol–water partition coefficient (Wildman–Crippen LogP) is 5.19. The molecule has 2 N–H and O–H groups in total. The molecule has 0 saturated heterocycles. The lowest BCUT2D eigenvalue weighted by molar-refractivity contribution is -0.142. The van der Waals surface area contributed by atoms with Gasteiger partial charge in [-0.3, -0.25) is 0 Å². The molecule has 0 unspecified atom stereocenters. The van der Waals surface area contributed by atoms with Crippen LogP contribution in [0.5, 0.6) is 0 Å². The Balaban J connectivity index is 1.74. The van der Waals surface area contributed by atoms with Crippen LogP contribution in [-0.4, -0.2) is 32.4 Å². The van der Waals surface area contributed by atoms with E-state index in [0.717, 1.165) is 0 Å².